The van der Waals surface area contributed by atoms with Crippen LogP contribution >= 0.6 is 0 Å². The normalized spacial score (nSPS) is 16.7. The molecule has 3 aromatic carbocycles. The highest BCUT2D eigenvalue weighted by atomic mass is 16.5. The van der Waals surface area contributed by atoms with Crippen molar-refractivity contribution in [1.82, 2.24) is 0 Å². The predicted molar refractivity (Wildman–Crippen MR) is 146 cm³/mol. The molecule has 6 nitrogen and oxygen atoms in total. The van der Waals surface area contributed by atoms with Gasteiger partial charge in [0.1, 0.15) is 35.7 Å². The van der Waals surface area contributed by atoms with Crippen molar-refractivity contribution >= 4 is 23.1 Å². The third-order valence-corrected chi connectivity index (χ3v) is 6.77. The predicted octanol–water partition coefficient (Wildman–Crippen LogP) is 6.72. The van der Waals surface area contributed by atoms with Crippen molar-refractivity contribution in [2.75, 3.05) is 4.90 Å². The van der Waals surface area contributed by atoms with Crippen molar-refractivity contribution in [3.05, 3.63) is 124 Å². The average molecular weight is 508 g/mol. The fourth-order valence-electron chi connectivity index (χ4n) is 4.88. The molecule has 1 aliphatic heterocycles. The Balaban J connectivity index is 1.56. The van der Waals surface area contributed by atoms with Crippen molar-refractivity contribution in [2.45, 2.75) is 40.3 Å². The van der Waals surface area contributed by atoms with E-state index in [0.29, 0.717) is 35.1 Å². The van der Waals surface area contributed by atoms with Crippen LogP contribution in [-0.2, 0) is 16.2 Å². The molecule has 1 aromatic heterocycles. The molecule has 1 N–H and O–H groups in total. The molecule has 1 aliphatic rings. The number of ether oxygens (including phenoxy) is 1. The van der Waals surface area contributed by atoms with Gasteiger partial charge in [-0.2, -0.15) is 0 Å². The molecule has 1 saturated heterocycles. The van der Waals surface area contributed by atoms with Gasteiger partial charge in [-0.3, -0.25) is 14.5 Å². The van der Waals surface area contributed by atoms with Crippen molar-refractivity contribution in [3.63, 3.8) is 0 Å². The summed E-state index contributed by atoms with van der Waals surface area (Å²) in [6, 6.07) is 23.3. The van der Waals surface area contributed by atoms with Crippen LogP contribution in [0.2, 0.25) is 0 Å². The molecule has 0 bridgehead atoms. The van der Waals surface area contributed by atoms with Gasteiger partial charge >= 0.3 is 0 Å². The van der Waals surface area contributed by atoms with Crippen LogP contribution < -0.4 is 9.64 Å². The minimum absolute atomic E-state index is 0.0123. The number of rotatable bonds is 6. The van der Waals surface area contributed by atoms with Gasteiger partial charge in [-0.1, -0.05) is 48.0 Å². The number of anilines is 1. The lowest BCUT2D eigenvalue weighted by Gasteiger charge is -2.25. The molecule has 5 rings (SSSR count). The first kappa shape index (κ1) is 25.1. The number of nitrogens with zero attached hydrogens (tertiary/aromatic N) is 1. The largest absolute Gasteiger partial charge is 0.507 e. The van der Waals surface area contributed by atoms with Gasteiger partial charge in [-0.25, -0.2) is 0 Å². The van der Waals surface area contributed by atoms with E-state index in [1.54, 1.807) is 37.3 Å². The summed E-state index contributed by atoms with van der Waals surface area (Å²) >= 11 is 0. The second-order valence-electron chi connectivity index (χ2n) is 9.66. The molecule has 1 amide bonds. The Morgan fingerprint density at radius 3 is 2.32 bits per heavy atom. The van der Waals surface area contributed by atoms with Gasteiger partial charge in [-0.15, -0.1) is 0 Å². The molecule has 4 aromatic rings. The standard InChI is InChI=1S/C32H29NO5/c1-19-10-13-25(20(2)16-19)33-29(27-14-11-22(4)38-27)28(31(35)32(33)36)30(34)24-12-15-26(21(3)17-24)37-18-23-8-6-5-7-9-23/h5-17,29,34H,18H2,1-4H3/b30-28-. The monoisotopic (exact) mass is 507 g/mol. The zero-order valence-corrected chi connectivity index (χ0v) is 21.8. The SMILES string of the molecule is Cc1ccc(N2C(=O)C(=O)/C(=C(\O)c3ccc(OCc4ccccc4)c(C)c3)C2c2ccc(C)o2)c(C)c1. The van der Waals surface area contributed by atoms with Crippen molar-refractivity contribution in [3.8, 4) is 5.75 Å². The van der Waals surface area contributed by atoms with E-state index in [1.165, 1.54) is 4.90 Å². The average Bonchev–Trinajstić information content (AvgIpc) is 3.44. The van der Waals surface area contributed by atoms with E-state index in [2.05, 4.69) is 0 Å². The number of carbonyl (C=O) groups is 2. The van der Waals surface area contributed by atoms with E-state index in [0.717, 1.165) is 22.3 Å². The van der Waals surface area contributed by atoms with Crippen LogP contribution in [0.4, 0.5) is 5.69 Å². The first-order valence-corrected chi connectivity index (χ1v) is 12.5. The molecule has 0 radical (unpaired) electrons. The van der Waals surface area contributed by atoms with Crippen LogP contribution in [-0.4, -0.2) is 16.8 Å². The highest BCUT2D eigenvalue weighted by Crippen LogP contribution is 2.44. The van der Waals surface area contributed by atoms with Gasteiger partial charge in [0, 0.05) is 11.3 Å². The molecular formula is C32H29NO5. The van der Waals surface area contributed by atoms with Gasteiger partial charge in [-0.05, 0) is 80.8 Å². The topological polar surface area (TPSA) is 80.0 Å². The van der Waals surface area contributed by atoms with Crippen LogP contribution in [0.25, 0.3) is 5.76 Å². The summed E-state index contributed by atoms with van der Waals surface area (Å²) in [5, 5.41) is 11.4. The second kappa shape index (κ2) is 10.1. The highest BCUT2D eigenvalue weighted by molar-refractivity contribution is 6.51. The van der Waals surface area contributed by atoms with Gasteiger partial charge in [0.25, 0.3) is 11.7 Å². The summed E-state index contributed by atoms with van der Waals surface area (Å²) in [6.07, 6.45) is 0. The van der Waals surface area contributed by atoms with Crippen LogP contribution in [0.3, 0.4) is 0 Å². The molecule has 0 aliphatic carbocycles. The number of ketones is 1. The molecule has 1 unspecified atom stereocenters. The van der Waals surface area contributed by atoms with Crippen LogP contribution in [0, 0.1) is 27.7 Å². The Hall–Kier alpha value is -4.58. The van der Waals surface area contributed by atoms with E-state index in [4.69, 9.17) is 9.15 Å². The molecular weight excluding hydrogens is 478 g/mol. The number of hydrogen-bond acceptors (Lipinski definition) is 5. The number of carbonyl (C=O) groups excluding carboxylic acids is 2. The van der Waals surface area contributed by atoms with E-state index >= 15 is 0 Å². The molecule has 192 valence electrons. The lowest BCUT2D eigenvalue weighted by Crippen LogP contribution is -2.30. The number of aliphatic hydroxyl groups is 1. The summed E-state index contributed by atoms with van der Waals surface area (Å²) in [7, 11) is 0. The molecule has 38 heavy (non-hydrogen) atoms. The fourth-order valence-corrected chi connectivity index (χ4v) is 4.88. The Morgan fingerprint density at radius 2 is 1.66 bits per heavy atom. The minimum atomic E-state index is -0.903. The third kappa shape index (κ3) is 4.61. The van der Waals surface area contributed by atoms with Crippen LogP contribution in [0.15, 0.2) is 88.9 Å². The van der Waals surface area contributed by atoms with Gasteiger partial charge in [0.2, 0.25) is 0 Å². The van der Waals surface area contributed by atoms with Gasteiger partial charge in [0.05, 0.1) is 5.57 Å². The van der Waals surface area contributed by atoms with E-state index < -0.39 is 17.7 Å². The lowest BCUT2D eigenvalue weighted by atomic mass is 9.98. The zero-order chi connectivity index (χ0) is 27.0. The summed E-state index contributed by atoms with van der Waals surface area (Å²) in [4.78, 5) is 28.2. The Bertz CT molecular complexity index is 1560. The minimum Gasteiger partial charge on any atom is -0.507 e. The van der Waals surface area contributed by atoms with E-state index in [-0.39, 0.29) is 11.3 Å². The second-order valence-corrected chi connectivity index (χ2v) is 9.66. The Morgan fingerprint density at radius 1 is 0.895 bits per heavy atom. The lowest BCUT2D eigenvalue weighted by molar-refractivity contribution is -0.132. The van der Waals surface area contributed by atoms with Crippen molar-refractivity contribution in [2.24, 2.45) is 0 Å². The first-order chi connectivity index (χ1) is 18.2. The maximum absolute atomic E-state index is 13.4. The van der Waals surface area contributed by atoms with Crippen molar-refractivity contribution < 1.29 is 23.8 Å². The number of amides is 1. The number of hydrogen-bond donors (Lipinski definition) is 1. The molecule has 0 saturated carbocycles. The van der Waals surface area contributed by atoms with Crippen molar-refractivity contribution in [1.29, 1.82) is 0 Å². The van der Waals surface area contributed by atoms with E-state index in [1.807, 2.05) is 69.3 Å². The maximum atomic E-state index is 13.4. The summed E-state index contributed by atoms with van der Waals surface area (Å²) in [5.41, 5.74) is 4.71. The highest BCUT2D eigenvalue weighted by Gasteiger charge is 2.48. The number of aryl methyl sites for hydroxylation is 4. The molecule has 0 spiro atoms. The first-order valence-electron chi connectivity index (χ1n) is 12.5. The maximum Gasteiger partial charge on any atom is 0.300 e. The summed E-state index contributed by atoms with van der Waals surface area (Å²) in [6.45, 7) is 7.94. The molecule has 1 fully saturated rings. The molecule has 1 atom stereocenters. The number of furan rings is 1. The molecule has 2 heterocycles. The smallest absolute Gasteiger partial charge is 0.300 e. The number of Topliss-reactive ketones (excluding diaryl/α,β-unsaturated/α-hetero) is 1. The molecule has 6 heteroatoms. The van der Waals surface area contributed by atoms with Gasteiger partial charge < -0.3 is 14.3 Å². The number of aliphatic hydroxyl groups excluding tert-OH is 1. The van der Waals surface area contributed by atoms with Gasteiger partial charge in [0.15, 0.2) is 0 Å². The Labute approximate surface area is 221 Å². The summed E-state index contributed by atoms with van der Waals surface area (Å²) < 4.78 is 11.9. The van der Waals surface area contributed by atoms with Crippen LogP contribution in [0.1, 0.15) is 45.4 Å². The zero-order valence-electron chi connectivity index (χ0n) is 21.8. The van der Waals surface area contributed by atoms with E-state index in [9.17, 15) is 14.7 Å². The quantitative estimate of drug-likeness (QED) is 0.178. The number of benzene rings is 3. The Kier molecular flexibility index (Phi) is 6.64. The third-order valence-electron chi connectivity index (χ3n) is 6.77. The summed E-state index contributed by atoms with van der Waals surface area (Å²) in [5.74, 6) is -0.0165. The fraction of sp³-hybridized carbons (Fsp3) is 0.188. The van der Waals surface area contributed by atoms with Crippen LogP contribution in [0.5, 0.6) is 5.75 Å².